The summed E-state index contributed by atoms with van der Waals surface area (Å²) in [5.41, 5.74) is 1.02. The van der Waals surface area contributed by atoms with E-state index in [1.165, 1.54) is 19.3 Å². The van der Waals surface area contributed by atoms with E-state index in [9.17, 15) is 0 Å². The molecule has 3 nitrogen and oxygen atoms in total. The van der Waals surface area contributed by atoms with E-state index in [1.807, 2.05) is 24.8 Å². The molecule has 0 radical (unpaired) electrons. The topological polar surface area (TPSA) is 37.8 Å². The quantitative estimate of drug-likeness (QED) is 0.854. The van der Waals surface area contributed by atoms with E-state index in [1.54, 1.807) is 6.33 Å². The number of hydrogen-bond donors (Lipinski definition) is 1. The molecule has 2 rings (SSSR count). The molecule has 1 aliphatic rings. The number of rotatable bonds is 3. The lowest BCUT2D eigenvalue weighted by atomic mass is 10.2. The number of hydrogen-bond acceptors (Lipinski definition) is 4. The van der Waals surface area contributed by atoms with Gasteiger partial charge < -0.3 is 5.32 Å². The van der Waals surface area contributed by atoms with Crippen LogP contribution >= 0.6 is 11.8 Å². The van der Waals surface area contributed by atoms with Crippen molar-refractivity contribution in [2.24, 2.45) is 0 Å². The summed E-state index contributed by atoms with van der Waals surface area (Å²) in [4.78, 5) is 8.32. The van der Waals surface area contributed by atoms with Gasteiger partial charge in [0.2, 0.25) is 0 Å². The van der Waals surface area contributed by atoms with Crippen molar-refractivity contribution >= 4 is 17.6 Å². The number of nitrogens with one attached hydrogen (secondary N) is 1. The zero-order chi connectivity index (χ0) is 10.7. The Morgan fingerprint density at radius 3 is 2.93 bits per heavy atom. The van der Waals surface area contributed by atoms with Crippen LogP contribution in [0.25, 0.3) is 0 Å². The van der Waals surface area contributed by atoms with E-state index >= 15 is 0 Å². The monoisotopic (exact) mass is 223 g/mol. The lowest BCUT2D eigenvalue weighted by Gasteiger charge is -2.13. The van der Waals surface area contributed by atoms with Gasteiger partial charge in [-0.25, -0.2) is 9.97 Å². The molecule has 1 fully saturated rings. The fourth-order valence-corrected chi connectivity index (χ4v) is 2.82. The van der Waals surface area contributed by atoms with Crippen molar-refractivity contribution in [3.63, 3.8) is 0 Å². The first-order valence-electron chi connectivity index (χ1n) is 5.36. The highest BCUT2D eigenvalue weighted by Crippen LogP contribution is 2.29. The summed E-state index contributed by atoms with van der Waals surface area (Å²) in [6, 6.07) is 2.60. The predicted molar refractivity (Wildman–Crippen MR) is 65.3 cm³/mol. The van der Waals surface area contributed by atoms with Gasteiger partial charge in [0.25, 0.3) is 0 Å². The summed E-state index contributed by atoms with van der Waals surface area (Å²) >= 11 is 1.98. The van der Waals surface area contributed by atoms with E-state index in [2.05, 4.69) is 21.5 Å². The van der Waals surface area contributed by atoms with Crippen molar-refractivity contribution in [2.45, 2.75) is 37.5 Å². The van der Waals surface area contributed by atoms with Crippen LogP contribution in [0, 0.1) is 6.92 Å². The van der Waals surface area contributed by atoms with E-state index < -0.39 is 0 Å². The van der Waals surface area contributed by atoms with Crippen LogP contribution in [-0.4, -0.2) is 27.5 Å². The Bertz CT molecular complexity index is 329. The maximum absolute atomic E-state index is 4.22. The molecule has 0 spiro atoms. The predicted octanol–water partition coefficient (Wildman–Crippen LogP) is 2.48. The molecule has 1 N–H and O–H groups in total. The number of aromatic nitrogens is 2. The van der Waals surface area contributed by atoms with Crippen LogP contribution in [0.3, 0.4) is 0 Å². The molecule has 0 saturated heterocycles. The van der Waals surface area contributed by atoms with Gasteiger partial charge in [0.1, 0.15) is 12.1 Å². The molecule has 1 heterocycles. The van der Waals surface area contributed by atoms with Gasteiger partial charge in [-0.15, -0.1) is 0 Å². The molecule has 1 aromatic heterocycles. The van der Waals surface area contributed by atoms with Crippen LogP contribution in [0.1, 0.15) is 25.0 Å². The molecule has 82 valence electrons. The summed E-state index contributed by atoms with van der Waals surface area (Å²) in [5, 5.41) is 4.31. The molecular weight excluding hydrogens is 206 g/mol. The maximum Gasteiger partial charge on any atom is 0.129 e. The van der Waals surface area contributed by atoms with Gasteiger partial charge >= 0.3 is 0 Å². The van der Waals surface area contributed by atoms with Crippen LogP contribution in [0.4, 0.5) is 5.82 Å². The Morgan fingerprint density at radius 1 is 1.40 bits per heavy atom. The molecule has 0 aliphatic heterocycles. The minimum atomic E-state index is 0.594. The third-order valence-corrected chi connectivity index (χ3v) is 3.97. The van der Waals surface area contributed by atoms with E-state index in [0.717, 1.165) is 16.8 Å². The van der Waals surface area contributed by atoms with Gasteiger partial charge in [-0.2, -0.15) is 11.8 Å². The minimum absolute atomic E-state index is 0.594. The molecular formula is C11H17N3S. The van der Waals surface area contributed by atoms with E-state index in [0.29, 0.717) is 6.04 Å². The molecule has 0 bridgehead atoms. The first-order chi connectivity index (χ1) is 7.28. The smallest absolute Gasteiger partial charge is 0.129 e. The van der Waals surface area contributed by atoms with Crippen molar-refractivity contribution in [3.05, 3.63) is 18.1 Å². The second-order valence-corrected chi connectivity index (χ2v) is 5.19. The van der Waals surface area contributed by atoms with Crippen LogP contribution in [0.2, 0.25) is 0 Å². The number of thioether (sulfide) groups is 1. The summed E-state index contributed by atoms with van der Waals surface area (Å²) in [7, 11) is 0. The third kappa shape index (κ3) is 2.84. The summed E-state index contributed by atoms with van der Waals surface area (Å²) in [5.74, 6) is 0.967. The average molecular weight is 223 g/mol. The highest BCUT2D eigenvalue weighted by atomic mass is 32.2. The molecule has 1 aromatic rings. The number of aryl methyl sites for hydroxylation is 1. The number of nitrogens with zero attached hydrogens (tertiary/aromatic N) is 2. The zero-order valence-corrected chi connectivity index (χ0v) is 10.0. The zero-order valence-electron chi connectivity index (χ0n) is 9.23. The molecule has 0 amide bonds. The van der Waals surface area contributed by atoms with Crippen molar-refractivity contribution in [1.29, 1.82) is 0 Å². The standard InChI is InChI=1S/C11H17N3S/c1-8-5-11(13-7-12-8)14-9-3-4-10(6-9)15-2/h5,7,9-10H,3-4,6H2,1-2H3,(H,12,13,14). The van der Waals surface area contributed by atoms with Crippen molar-refractivity contribution < 1.29 is 0 Å². The van der Waals surface area contributed by atoms with Gasteiger partial charge in [0.15, 0.2) is 0 Å². The Hall–Kier alpha value is -0.770. The highest BCUT2D eigenvalue weighted by Gasteiger charge is 2.23. The first-order valence-corrected chi connectivity index (χ1v) is 6.64. The van der Waals surface area contributed by atoms with Crippen molar-refractivity contribution in [2.75, 3.05) is 11.6 Å². The van der Waals surface area contributed by atoms with Gasteiger partial charge in [-0.1, -0.05) is 0 Å². The Balaban J connectivity index is 1.92. The van der Waals surface area contributed by atoms with Gasteiger partial charge in [0, 0.05) is 23.1 Å². The molecule has 0 aromatic carbocycles. The molecule has 4 heteroatoms. The fraction of sp³-hybridized carbons (Fsp3) is 0.636. The number of anilines is 1. The van der Waals surface area contributed by atoms with E-state index in [-0.39, 0.29) is 0 Å². The first kappa shape index (κ1) is 10.7. The summed E-state index contributed by atoms with van der Waals surface area (Å²) in [6.45, 7) is 1.99. The lowest BCUT2D eigenvalue weighted by Crippen LogP contribution is -2.16. The van der Waals surface area contributed by atoms with Gasteiger partial charge in [0.05, 0.1) is 0 Å². The second-order valence-electron chi connectivity index (χ2n) is 4.06. The maximum atomic E-state index is 4.22. The Labute approximate surface area is 95.1 Å². The second kappa shape index (κ2) is 4.84. The third-order valence-electron chi connectivity index (χ3n) is 2.87. The molecule has 1 aliphatic carbocycles. The van der Waals surface area contributed by atoms with E-state index in [4.69, 9.17) is 0 Å². The van der Waals surface area contributed by atoms with Crippen LogP contribution in [0.5, 0.6) is 0 Å². The van der Waals surface area contributed by atoms with Gasteiger partial charge in [-0.05, 0) is 32.4 Å². The molecule has 1 saturated carbocycles. The summed E-state index contributed by atoms with van der Waals surface area (Å²) in [6.07, 6.45) is 7.65. The highest BCUT2D eigenvalue weighted by molar-refractivity contribution is 7.99. The summed E-state index contributed by atoms with van der Waals surface area (Å²) < 4.78 is 0. The average Bonchev–Trinajstić information content (AvgIpc) is 2.65. The molecule has 2 unspecified atom stereocenters. The molecule has 2 atom stereocenters. The van der Waals surface area contributed by atoms with Gasteiger partial charge in [-0.3, -0.25) is 0 Å². The molecule has 15 heavy (non-hydrogen) atoms. The Morgan fingerprint density at radius 2 is 2.27 bits per heavy atom. The largest absolute Gasteiger partial charge is 0.367 e. The van der Waals surface area contributed by atoms with Crippen LogP contribution in [-0.2, 0) is 0 Å². The SMILES string of the molecule is CSC1CCC(Nc2cc(C)ncn2)C1. The lowest BCUT2D eigenvalue weighted by molar-refractivity contribution is 0.751. The normalized spacial score (nSPS) is 25.5. The van der Waals surface area contributed by atoms with Crippen LogP contribution < -0.4 is 5.32 Å². The van der Waals surface area contributed by atoms with Crippen molar-refractivity contribution in [3.8, 4) is 0 Å². The Kier molecular flexibility index (Phi) is 3.46. The minimum Gasteiger partial charge on any atom is -0.367 e. The van der Waals surface area contributed by atoms with Crippen LogP contribution in [0.15, 0.2) is 12.4 Å². The fourth-order valence-electron chi connectivity index (χ4n) is 2.03. The van der Waals surface area contributed by atoms with Crippen molar-refractivity contribution in [1.82, 2.24) is 9.97 Å².